The lowest BCUT2D eigenvalue weighted by molar-refractivity contribution is -0.108. The molecule has 2 aliphatic rings. The Morgan fingerprint density at radius 1 is 1.33 bits per heavy atom. The number of benzene rings is 1. The van der Waals surface area contributed by atoms with Gasteiger partial charge in [0.1, 0.15) is 5.75 Å². The summed E-state index contributed by atoms with van der Waals surface area (Å²) in [5, 5.41) is 10.8. The molecule has 2 atom stereocenters. The summed E-state index contributed by atoms with van der Waals surface area (Å²) >= 11 is 0. The van der Waals surface area contributed by atoms with Gasteiger partial charge >= 0.3 is 0 Å². The van der Waals surface area contributed by atoms with Crippen LogP contribution in [0.25, 0.3) is 0 Å². The Balaban J connectivity index is 1.58. The van der Waals surface area contributed by atoms with E-state index in [0.717, 1.165) is 57.3 Å². The van der Waals surface area contributed by atoms with Crippen molar-refractivity contribution in [2.45, 2.75) is 63.6 Å². The van der Waals surface area contributed by atoms with E-state index in [1.54, 1.807) is 0 Å². The minimum atomic E-state index is -0.548. The molecule has 0 aromatic heterocycles. The number of hydrogen-bond acceptors (Lipinski definition) is 3. The van der Waals surface area contributed by atoms with Gasteiger partial charge in [0, 0.05) is 19.4 Å². The lowest BCUT2D eigenvalue weighted by Gasteiger charge is -2.37. The van der Waals surface area contributed by atoms with Crippen molar-refractivity contribution in [1.82, 2.24) is 0 Å². The highest BCUT2D eigenvalue weighted by Gasteiger charge is 2.34. The molecule has 1 aromatic rings. The van der Waals surface area contributed by atoms with Gasteiger partial charge in [0.15, 0.2) is 0 Å². The maximum absolute atomic E-state index is 10.8. The molecule has 3 nitrogen and oxygen atoms in total. The first-order chi connectivity index (χ1) is 10.2. The Kier molecular flexibility index (Phi) is 4.51. The second-order valence-corrected chi connectivity index (χ2v) is 6.50. The van der Waals surface area contributed by atoms with Gasteiger partial charge in [-0.05, 0) is 42.9 Å². The summed E-state index contributed by atoms with van der Waals surface area (Å²) in [4.78, 5) is 0. The first kappa shape index (κ1) is 14.9. The summed E-state index contributed by atoms with van der Waals surface area (Å²) in [5.41, 5.74) is 2.08. The molecule has 1 N–H and O–H groups in total. The average Bonchev–Trinajstić information content (AvgIpc) is 2.93. The highest BCUT2D eigenvalue weighted by molar-refractivity contribution is 5.39. The Morgan fingerprint density at radius 2 is 2.24 bits per heavy atom. The summed E-state index contributed by atoms with van der Waals surface area (Å²) in [7, 11) is 0. The van der Waals surface area contributed by atoms with E-state index in [4.69, 9.17) is 9.47 Å². The maximum atomic E-state index is 10.8. The van der Waals surface area contributed by atoms with E-state index in [0.29, 0.717) is 6.61 Å². The zero-order valence-electron chi connectivity index (χ0n) is 12.9. The molecule has 21 heavy (non-hydrogen) atoms. The maximum Gasteiger partial charge on any atom is 0.122 e. The van der Waals surface area contributed by atoms with Gasteiger partial charge in [-0.1, -0.05) is 25.5 Å². The van der Waals surface area contributed by atoms with E-state index in [9.17, 15) is 5.11 Å². The molecule has 2 heterocycles. The molecule has 1 fully saturated rings. The third kappa shape index (κ3) is 3.58. The molecule has 0 aliphatic carbocycles. The van der Waals surface area contributed by atoms with Crippen LogP contribution in [0, 0.1) is 0 Å². The standard InChI is InChI=1S/C18H26O3/c1-2-3-16-13-18(19,9-11-20-16)8-6-14-4-5-17-15(12-14)7-10-21-17/h4-5,12,16,19H,2-3,6-11,13H2,1H3. The third-order valence-electron chi connectivity index (χ3n) is 4.77. The van der Waals surface area contributed by atoms with Crippen LogP contribution >= 0.6 is 0 Å². The molecule has 1 saturated heterocycles. The van der Waals surface area contributed by atoms with Crippen LogP contribution in [0.15, 0.2) is 18.2 Å². The first-order valence-corrected chi connectivity index (χ1v) is 8.27. The van der Waals surface area contributed by atoms with Crippen molar-refractivity contribution in [1.29, 1.82) is 0 Å². The molecule has 2 unspecified atom stereocenters. The lowest BCUT2D eigenvalue weighted by Crippen LogP contribution is -2.41. The van der Waals surface area contributed by atoms with Crippen molar-refractivity contribution < 1.29 is 14.6 Å². The molecule has 116 valence electrons. The highest BCUT2D eigenvalue weighted by atomic mass is 16.5. The highest BCUT2D eigenvalue weighted by Crippen LogP contribution is 2.32. The number of hydrogen-bond donors (Lipinski definition) is 1. The van der Waals surface area contributed by atoms with Crippen LogP contribution in [0.5, 0.6) is 5.75 Å². The molecule has 3 heteroatoms. The molecule has 0 amide bonds. The van der Waals surface area contributed by atoms with E-state index in [2.05, 4.69) is 25.1 Å². The van der Waals surface area contributed by atoms with Gasteiger partial charge in [-0.25, -0.2) is 0 Å². The van der Waals surface area contributed by atoms with Gasteiger partial charge < -0.3 is 14.6 Å². The van der Waals surface area contributed by atoms with Gasteiger partial charge in [0.25, 0.3) is 0 Å². The number of rotatable bonds is 5. The minimum Gasteiger partial charge on any atom is -0.493 e. The summed E-state index contributed by atoms with van der Waals surface area (Å²) < 4.78 is 11.3. The fourth-order valence-electron chi connectivity index (χ4n) is 3.51. The van der Waals surface area contributed by atoms with E-state index < -0.39 is 5.60 Å². The topological polar surface area (TPSA) is 38.7 Å². The number of fused-ring (bicyclic) bond motifs is 1. The van der Waals surface area contributed by atoms with Gasteiger partial charge in [-0.2, -0.15) is 0 Å². The minimum absolute atomic E-state index is 0.238. The molecule has 0 spiro atoms. The van der Waals surface area contributed by atoms with Crippen LogP contribution < -0.4 is 4.74 Å². The van der Waals surface area contributed by atoms with Crippen molar-refractivity contribution in [3.63, 3.8) is 0 Å². The lowest BCUT2D eigenvalue weighted by atomic mass is 9.84. The number of aliphatic hydroxyl groups is 1. The monoisotopic (exact) mass is 290 g/mol. The zero-order chi connectivity index (χ0) is 14.7. The molecular weight excluding hydrogens is 264 g/mol. The van der Waals surface area contributed by atoms with Gasteiger partial charge in [-0.15, -0.1) is 0 Å². The Morgan fingerprint density at radius 3 is 3.10 bits per heavy atom. The second kappa shape index (κ2) is 6.37. The molecule has 0 saturated carbocycles. The van der Waals surface area contributed by atoms with E-state index in [1.807, 2.05) is 0 Å². The van der Waals surface area contributed by atoms with Crippen LogP contribution in [-0.2, 0) is 17.6 Å². The molecule has 1 aromatic carbocycles. The molecule has 0 radical (unpaired) electrons. The number of ether oxygens (including phenoxy) is 2. The quantitative estimate of drug-likeness (QED) is 0.904. The molecule has 3 rings (SSSR count). The van der Waals surface area contributed by atoms with Gasteiger partial charge in [0.2, 0.25) is 0 Å². The molecular formula is C18H26O3. The summed E-state index contributed by atoms with van der Waals surface area (Å²) in [6.07, 6.45) is 6.74. The Labute approximate surface area is 127 Å². The molecule has 2 aliphatic heterocycles. The van der Waals surface area contributed by atoms with Crippen molar-refractivity contribution in [3.8, 4) is 5.75 Å². The van der Waals surface area contributed by atoms with Crippen molar-refractivity contribution in [2.75, 3.05) is 13.2 Å². The normalized spacial score (nSPS) is 28.2. The second-order valence-electron chi connectivity index (χ2n) is 6.50. The smallest absolute Gasteiger partial charge is 0.122 e. The van der Waals surface area contributed by atoms with Crippen LogP contribution in [0.1, 0.15) is 50.2 Å². The predicted molar refractivity (Wildman–Crippen MR) is 82.8 cm³/mol. The fourth-order valence-corrected chi connectivity index (χ4v) is 3.51. The summed E-state index contributed by atoms with van der Waals surface area (Å²) in [6.45, 7) is 3.67. The van der Waals surface area contributed by atoms with Crippen LogP contribution in [-0.4, -0.2) is 30.0 Å². The van der Waals surface area contributed by atoms with E-state index in [1.165, 1.54) is 11.1 Å². The Hall–Kier alpha value is -1.06. The SMILES string of the molecule is CCCC1CC(O)(CCc2ccc3c(c2)CCO3)CCO1. The van der Waals surface area contributed by atoms with Crippen LogP contribution in [0.3, 0.4) is 0 Å². The Bertz CT molecular complexity index is 483. The summed E-state index contributed by atoms with van der Waals surface area (Å²) in [6, 6.07) is 6.45. The van der Waals surface area contributed by atoms with Crippen molar-refractivity contribution in [2.24, 2.45) is 0 Å². The number of aryl methyl sites for hydroxylation is 1. The van der Waals surface area contributed by atoms with Crippen LogP contribution in [0.2, 0.25) is 0 Å². The third-order valence-corrected chi connectivity index (χ3v) is 4.77. The van der Waals surface area contributed by atoms with Gasteiger partial charge in [0.05, 0.1) is 18.3 Å². The fraction of sp³-hybridized carbons (Fsp3) is 0.667. The summed E-state index contributed by atoms with van der Waals surface area (Å²) in [5.74, 6) is 1.03. The van der Waals surface area contributed by atoms with E-state index in [-0.39, 0.29) is 6.10 Å². The first-order valence-electron chi connectivity index (χ1n) is 8.27. The van der Waals surface area contributed by atoms with Crippen molar-refractivity contribution >= 4 is 0 Å². The predicted octanol–water partition coefficient (Wildman–Crippen LogP) is 3.26. The van der Waals surface area contributed by atoms with E-state index >= 15 is 0 Å². The van der Waals surface area contributed by atoms with Crippen LogP contribution in [0.4, 0.5) is 0 Å². The van der Waals surface area contributed by atoms with Gasteiger partial charge in [-0.3, -0.25) is 0 Å². The average molecular weight is 290 g/mol. The zero-order valence-corrected chi connectivity index (χ0v) is 12.9. The largest absolute Gasteiger partial charge is 0.493 e. The van der Waals surface area contributed by atoms with Crippen molar-refractivity contribution in [3.05, 3.63) is 29.3 Å². The molecule has 0 bridgehead atoms.